The van der Waals surface area contributed by atoms with Crippen LogP contribution in [0.3, 0.4) is 0 Å². The van der Waals surface area contributed by atoms with Crippen LogP contribution in [0.15, 0.2) is 16.7 Å². The molecule has 0 aromatic carbocycles. The molecule has 1 atom stereocenters. The van der Waals surface area contributed by atoms with Crippen molar-refractivity contribution >= 4 is 30.1 Å². The molecule has 0 radical (unpaired) electrons. The van der Waals surface area contributed by atoms with Crippen molar-refractivity contribution in [3.8, 4) is 0 Å². The molecule has 6 heteroatoms. The fourth-order valence-electron chi connectivity index (χ4n) is 1.79. The minimum atomic E-state index is 0. The van der Waals surface area contributed by atoms with Gasteiger partial charge in [0.05, 0.1) is 12.1 Å². The molecule has 96 valence electrons. The van der Waals surface area contributed by atoms with Crippen molar-refractivity contribution < 1.29 is 9.21 Å². The van der Waals surface area contributed by atoms with Gasteiger partial charge < -0.3 is 15.1 Å². The van der Waals surface area contributed by atoms with Crippen LogP contribution in [0.25, 0.3) is 0 Å². The minimum Gasteiger partial charge on any atom is -0.467 e. The number of thioether (sulfide) groups is 1. The fourth-order valence-corrected chi connectivity index (χ4v) is 2.81. The lowest BCUT2D eigenvalue weighted by molar-refractivity contribution is 0.0715. The summed E-state index contributed by atoms with van der Waals surface area (Å²) in [7, 11) is 0. The molecular weight excluding hydrogens is 260 g/mol. The molecule has 1 unspecified atom stereocenters. The Labute approximate surface area is 111 Å². The summed E-state index contributed by atoms with van der Waals surface area (Å²) in [5.74, 6) is 2.73. The van der Waals surface area contributed by atoms with Gasteiger partial charge in [0.2, 0.25) is 0 Å². The van der Waals surface area contributed by atoms with Gasteiger partial charge in [0, 0.05) is 24.1 Å². The van der Waals surface area contributed by atoms with Crippen LogP contribution < -0.4 is 5.73 Å². The molecule has 4 nitrogen and oxygen atoms in total. The monoisotopic (exact) mass is 276 g/mol. The van der Waals surface area contributed by atoms with E-state index in [0.29, 0.717) is 23.9 Å². The zero-order valence-electron chi connectivity index (χ0n) is 9.72. The second kappa shape index (κ2) is 6.33. The van der Waals surface area contributed by atoms with E-state index in [2.05, 4.69) is 6.92 Å². The molecule has 0 bridgehead atoms. The third kappa shape index (κ3) is 3.18. The molecule has 1 amide bonds. The Bertz CT molecular complexity index is 383. The van der Waals surface area contributed by atoms with Crippen LogP contribution >= 0.6 is 24.2 Å². The molecule has 0 aliphatic carbocycles. The first-order valence-corrected chi connectivity index (χ1v) is 6.54. The van der Waals surface area contributed by atoms with E-state index in [1.165, 1.54) is 6.26 Å². The van der Waals surface area contributed by atoms with Crippen LogP contribution in [0.2, 0.25) is 0 Å². The third-order valence-electron chi connectivity index (χ3n) is 2.73. The molecule has 1 fully saturated rings. The Kier molecular flexibility index (Phi) is 5.36. The lowest BCUT2D eigenvalue weighted by Gasteiger charge is -2.32. The average molecular weight is 277 g/mol. The van der Waals surface area contributed by atoms with Gasteiger partial charge in [0.15, 0.2) is 0 Å². The van der Waals surface area contributed by atoms with Crippen molar-refractivity contribution in [2.45, 2.75) is 19.5 Å². The maximum Gasteiger partial charge on any atom is 0.257 e. The number of carbonyl (C=O) groups is 1. The van der Waals surface area contributed by atoms with E-state index >= 15 is 0 Å². The summed E-state index contributed by atoms with van der Waals surface area (Å²) >= 11 is 1.89. The van der Waals surface area contributed by atoms with E-state index in [1.807, 2.05) is 16.7 Å². The Morgan fingerprint density at radius 2 is 2.47 bits per heavy atom. The Balaban J connectivity index is 0.00000144. The topological polar surface area (TPSA) is 59.5 Å². The van der Waals surface area contributed by atoms with Gasteiger partial charge in [-0.3, -0.25) is 4.79 Å². The summed E-state index contributed by atoms with van der Waals surface area (Å²) in [6.07, 6.45) is 1.50. The predicted octanol–water partition coefficient (Wildman–Crippen LogP) is 1.74. The summed E-state index contributed by atoms with van der Waals surface area (Å²) in [6.45, 7) is 3.22. The molecule has 0 spiro atoms. The highest BCUT2D eigenvalue weighted by Crippen LogP contribution is 2.19. The lowest BCUT2D eigenvalue weighted by atomic mass is 10.2. The molecule has 2 heterocycles. The Morgan fingerprint density at radius 3 is 3.06 bits per heavy atom. The Morgan fingerprint density at radius 1 is 1.71 bits per heavy atom. The number of amides is 1. The van der Waals surface area contributed by atoms with Gasteiger partial charge in [0.25, 0.3) is 5.91 Å². The first kappa shape index (κ1) is 14.4. The average Bonchev–Trinajstić information content (AvgIpc) is 2.77. The standard InChI is InChI=1S/C11H16N2O2S.ClH/c1-8-7-16-3-2-13(8)11(14)9-4-10(5-12)15-6-9;/h4,6,8H,2-3,5,7,12H2,1H3;1H. The highest BCUT2D eigenvalue weighted by Gasteiger charge is 2.25. The van der Waals surface area contributed by atoms with E-state index in [-0.39, 0.29) is 18.3 Å². The highest BCUT2D eigenvalue weighted by molar-refractivity contribution is 7.99. The van der Waals surface area contributed by atoms with Crippen molar-refractivity contribution in [3.05, 3.63) is 23.7 Å². The van der Waals surface area contributed by atoms with Gasteiger partial charge in [-0.1, -0.05) is 0 Å². The largest absolute Gasteiger partial charge is 0.467 e. The smallest absolute Gasteiger partial charge is 0.257 e. The normalized spacial score (nSPS) is 19.9. The maximum absolute atomic E-state index is 12.2. The van der Waals surface area contributed by atoms with E-state index < -0.39 is 0 Å². The van der Waals surface area contributed by atoms with Crippen LogP contribution in [-0.4, -0.2) is 34.9 Å². The van der Waals surface area contributed by atoms with Crippen LogP contribution in [0, 0.1) is 0 Å². The van der Waals surface area contributed by atoms with E-state index in [1.54, 1.807) is 6.07 Å². The second-order valence-corrected chi connectivity index (χ2v) is 5.08. The van der Waals surface area contributed by atoms with E-state index in [9.17, 15) is 4.79 Å². The highest BCUT2D eigenvalue weighted by atomic mass is 35.5. The number of hydrogen-bond donors (Lipinski definition) is 1. The maximum atomic E-state index is 12.2. The summed E-state index contributed by atoms with van der Waals surface area (Å²) in [5, 5.41) is 0. The molecule has 2 N–H and O–H groups in total. The summed E-state index contributed by atoms with van der Waals surface area (Å²) in [6, 6.07) is 2.03. The number of nitrogens with two attached hydrogens (primary N) is 1. The zero-order valence-corrected chi connectivity index (χ0v) is 11.4. The van der Waals surface area contributed by atoms with Crippen molar-refractivity contribution in [1.82, 2.24) is 4.90 Å². The molecule has 1 aromatic heterocycles. The first-order valence-electron chi connectivity index (χ1n) is 5.38. The minimum absolute atomic E-state index is 0. The summed E-state index contributed by atoms with van der Waals surface area (Å²) in [4.78, 5) is 14.1. The molecule has 1 saturated heterocycles. The predicted molar refractivity (Wildman–Crippen MR) is 71.7 cm³/mol. The summed E-state index contributed by atoms with van der Waals surface area (Å²) in [5.41, 5.74) is 6.06. The second-order valence-electron chi connectivity index (χ2n) is 3.93. The number of furan rings is 1. The van der Waals surface area contributed by atoms with Crippen molar-refractivity contribution in [2.24, 2.45) is 5.73 Å². The van der Waals surface area contributed by atoms with Crippen molar-refractivity contribution in [2.75, 3.05) is 18.1 Å². The fraction of sp³-hybridized carbons (Fsp3) is 0.545. The number of nitrogens with zero attached hydrogens (tertiary/aromatic N) is 1. The lowest BCUT2D eigenvalue weighted by Crippen LogP contribution is -2.44. The Hall–Kier alpha value is -0.650. The quantitative estimate of drug-likeness (QED) is 0.894. The molecule has 17 heavy (non-hydrogen) atoms. The molecular formula is C11H17ClN2O2S. The number of hydrogen-bond acceptors (Lipinski definition) is 4. The number of carbonyl (C=O) groups excluding carboxylic acids is 1. The van der Waals surface area contributed by atoms with Crippen LogP contribution in [0.4, 0.5) is 0 Å². The number of halogens is 1. The van der Waals surface area contributed by atoms with Crippen LogP contribution in [0.1, 0.15) is 23.0 Å². The van der Waals surface area contributed by atoms with Crippen LogP contribution in [-0.2, 0) is 6.54 Å². The van der Waals surface area contributed by atoms with Crippen LogP contribution in [0.5, 0.6) is 0 Å². The number of rotatable bonds is 2. The van der Waals surface area contributed by atoms with Crippen molar-refractivity contribution in [3.63, 3.8) is 0 Å². The first-order chi connectivity index (χ1) is 7.72. The SMILES string of the molecule is CC1CSCCN1C(=O)c1coc(CN)c1.Cl. The van der Waals surface area contributed by atoms with Gasteiger partial charge >= 0.3 is 0 Å². The molecule has 1 aliphatic rings. The third-order valence-corrected chi connectivity index (χ3v) is 3.92. The molecule has 2 rings (SSSR count). The zero-order chi connectivity index (χ0) is 11.5. The molecule has 1 aromatic rings. The van der Waals surface area contributed by atoms with Gasteiger partial charge in [-0.2, -0.15) is 11.8 Å². The van der Waals surface area contributed by atoms with Gasteiger partial charge in [-0.25, -0.2) is 0 Å². The molecule has 1 aliphatic heterocycles. The van der Waals surface area contributed by atoms with Gasteiger partial charge in [-0.05, 0) is 13.0 Å². The van der Waals surface area contributed by atoms with Crippen molar-refractivity contribution in [1.29, 1.82) is 0 Å². The van der Waals surface area contributed by atoms with E-state index in [4.69, 9.17) is 10.2 Å². The van der Waals surface area contributed by atoms with Gasteiger partial charge in [-0.15, -0.1) is 12.4 Å². The van der Waals surface area contributed by atoms with E-state index in [0.717, 1.165) is 18.1 Å². The van der Waals surface area contributed by atoms with Gasteiger partial charge in [0.1, 0.15) is 12.0 Å². The molecule has 0 saturated carbocycles. The summed E-state index contributed by atoms with van der Waals surface area (Å²) < 4.78 is 5.18.